The van der Waals surface area contributed by atoms with E-state index in [0.29, 0.717) is 36.4 Å². The van der Waals surface area contributed by atoms with Gasteiger partial charge in [-0.1, -0.05) is 18.2 Å². The third kappa shape index (κ3) is 4.39. The molecule has 2 aliphatic rings. The number of methoxy groups -OCH3 is 1. The number of ether oxygens (including phenoxy) is 1. The number of nitrogens with zero attached hydrogens (tertiary/aromatic N) is 1. The van der Waals surface area contributed by atoms with Gasteiger partial charge in [-0.3, -0.25) is 14.4 Å². The van der Waals surface area contributed by atoms with Gasteiger partial charge in [-0.25, -0.2) is 0 Å². The van der Waals surface area contributed by atoms with Crippen LogP contribution in [0.3, 0.4) is 0 Å². The van der Waals surface area contributed by atoms with Crippen LogP contribution in [0.15, 0.2) is 42.5 Å². The molecular weight excluding hydrogens is 414 g/mol. The summed E-state index contributed by atoms with van der Waals surface area (Å²) >= 11 is 1.46. The molecule has 3 amide bonds. The highest BCUT2D eigenvalue weighted by atomic mass is 32.2. The van der Waals surface area contributed by atoms with Crippen molar-refractivity contribution < 1.29 is 19.1 Å². The average molecular weight is 440 g/mol. The third-order valence-electron chi connectivity index (χ3n) is 5.74. The van der Waals surface area contributed by atoms with Gasteiger partial charge in [0.25, 0.3) is 5.91 Å². The number of hydrogen-bond donors (Lipinski definition) is 2. The molecular formula is C23H25N3O4S. The van der Waals surface area contributed by atoms with Gasteiger partial charge >= 0.3 is 0 Å². The molecule has 8 heteroatoms. The summed E-state index contributed by atoms with van der Waals surface area (Å²) in [5, 5.41) is 5.89. The van der Waals surface area contributed by atoms with Crippen molar-refractivity contribution >= 4 is 35.2 Å². The minimum atomic E-state index is -0.599. The molecule has 0 aliphatic carbocycles. The molecule has 2 aliphatic heterocycles. The molecule has 2 unspecified atom stereocenters. The molecule has 0 spiro atoms. The van der Waals surface area contributed by atoms with Crippen LogP contribution < -0.4 is 15.4 Å². The first-order valence-corrected chi connectivity index (χ1v) is 11.6. The van der Waals surface area contributed by atoms with Crippen molar-refractivity contribution in [2.24, 2.45) is 0 Å². The van der Waals surface area contributed by atoms with Crippen LogP contribution in [0, 0.1) is 0 Å². The quantitative estimate of drug-likeness (QED) is 0.748. The van der Waals surface area contributed by atoms with Crippen LogP contribution in [0.4, 0.5) is 5.69 Å². The molecule has 1 saturated heterocycles. The van der Waals surface area contributed by atoms with Crippen LogP contribution in [-0.2, 0) is 9.59 Å². The Balaban J connectivity index is 1.58. The number of fused-ring (bicyclic) bond motifs is 2. The van der Waals surface area contributed by atoms with E-state index in [9.17, 15) is 14.4 Å². The molecule has 0 bridgehead atoms. The number of anilines is 1. The molecule has 162 valence electrons. The minimum absolute atomic E-state index is 0.0428. The number of thioether (sulfide) groups is 1. The Morgan fingerprint density at radius 1 is 1.19 bits per heavy atom. The van der Waals surface area contributed by atoms with E-state index in [1.165, 1.54) is 11.8 Å². The number of nitrogens with one attached hydrogen (secondary N) is 2. The van der Waals surface area contributed by atoms with E-state index in [0.717, 1.165) is 16.9 Å². The maximum absolute atomic E-state index is 13.4. The molecule has 1 fully saturated rings. The number of hydrogen-bond acceptors (Lipinski definition) is 5. The number of carbonyl (C=O) groups is 3. The average Bonchev–Trinajstić information content (AvgIpc) is 2.88. The van der Waals surface area contributed by atoms with Gasteiger partial charge in [-0.2, -0.15) is 11.8 Å². The molecule has 7 nitrogen and oxygen atoms in total. The Hall–Kier alpha value is -3.00. The van der Waals surface area contributed by atoms with E-state index in [1.807, 2.05) is 42.7 Å². The summed E-state index contributed by atoms with van der Waals surface area (Å²) in [7, 11) is 1.62. The Morgan fingerprint density at radius 3 is 2.65 bits per heavy atom. The number of benzene rings is 2. The fourth-order valence-electron chi connectivity index (χ4n) is 4.15. The zero-order valence-electron chi connectivity index (χ0n) is 17.5. The first-order chi connectivity index (χ1) is 15.0. The highest BCUT2D eigenvalue weighted by Gasteiger charge is 2.40. The predicted octanol–water partition coefficient (Wildman–Crippen LogP) is 2.77. The van der Waals surface area contributed by atoms with E-state index in [-0.39, 0.29) is 23.8 Å². The molecule has 2 heterocycles. The Kier molecular flexibility index (Phi) is 6.18. The number of piperidine rings is 1. The summed E-state index contributed by atoms with van der Waals surface area (Å²) in [6.45, 7) is 0.424. The lowest BCUT2D eigenvalue weighted by Crippen LogP contribution is -2.55. The largest absolute Gasteiger partial charge is 0.497 e. The Bertz CT molecular complexity index is 1010. The van der Waals surface area contributed by atoms with Crippen molar-refractivity contribution in [2.45, 2.75) is 24.9 Å². The smallest absolute Gasteiger partial charge is 0.256 e. The molecule has 2 atom stereocenters. The van der Waals surface area contributed by atoms with Crippen LogP contribution in [0.25, 0.3) is 11.1 Å². The van der Waals surface area contributed by atoms with Gasteiger partial charge in [0, 0.05) is 12.6 Å². The molecule has 0 radical (unpaired) electrons. The van der Waals surface area contributed by atoms with E-state index < -0.39 is 6.04 Å². The summed E-state index contributed by atoms with van der Waals surface area (Å²) in [5.74, 6) is 0.724. The topological polar surface area (TPSA) is 87.7 Å². The van der Waals surface area contributed by atoms with E-state index in [2.05, 4.69) is 10.6 Å². The summed E-state index contributed by atoms with van der Waals surface area (Å²) in [4.78, 5) is 39.8. The van der Waals surface area contributed by atoms with Gasteiger partial charge in [0.05, 0.1) is 24.1 Å². The van der Waals surface area contributed by atoms with Crippen molar-refractivity contribution in [3.05, 3.63) is 48.0 Å². The SMILES string of the molecule is COc1ccc(-c2ccc3c(c2)C(=O)N2CCC(NC(=O)CSC)CC2C(=O)N3)cc1. The molecule has 2 aromatic rings. The molecule has 31 heavy (non-hydrogen) atoms. The number of amides is 3. The second-order valence-electron chi connectivity index (χ2n) is 7.71. The zero-order valence-corrected chi connectivity index (χ0v) is 18.3. The maximum atomic E-state index is 13.4. The second kappa shape index (κ2) is 9.01. The lowest BCUT2D eigenvalue weighted by atomic mass is 9.96. The minimum Gasteiger partial charge on any atom is -0.497 e. The summed E-state index contributed by atoms with van der Waals surface area (Å²) in [6, 6.07) is 12.4. The first kappa shape index (κ1) is 21.2. The normalized spacial score (nSPS) is 20.3. The molecule has 2 N–H and O–H groups in total. The Morgan fingerprint density at radius 2 is 1.94 bits per heavy atom. The summed E-state index contributed by atoms with van der Waals surface area (Å²) < 4.78 is 5.21. The molecule has 0 saturated carbocycles. The summed E-state index contributed by atoms with van der Waals surface area (Å²) in [5.41, 5.74) is 2.85. The number of rotatable bonds is 5. The van der Waals surface area contributed by atoms with Crippen molar-refractivity contribution in [3.63, 3.8) is 0 Å². The van der Waals surface area contributed by atoms with Crippen molar-refractivity contribution in [3.8, 4) is 16.9 Å². The van der Waals surface area contributed by atoms with Crippen LogP contribution in [0.2, 0.25) is 0 Å². The van der Waals surface area contributed by atoms with Crippen molar-refractivity contribution in [1.82, 2.24) is 10.2 Å². The predicted molar refractivity (Wildman–Crippen MR) is 121 cm³/mol. The van der Waals surface area contributed by atoms with Gasteiger partial charge in [-0.05, 0) is 54.5 Å². The van der Waals surface area contributed by atoms with Gasteiger partial charge in [0.15, 0.2) is 0 Å². The van der Waals surface area contributed by atoms with Crippen molar-refractivity contribution in [2.75, 3.05) is 31.0 Å². The van der Waals surface area contributed by atoms with Crippen LogP contribution >= 0.6 is 11.8 Å². The van der Waals surface area contributed by atoms with Crippen LogP contribution in [0.1, 0.15) is 23.2 Å². The highest BCUT2D eigenvalue weighted by Crippen LogP contribution is 2.32. The molecule has 0 aromatic heterocycles. The zero-order chi connectivity index (χ0) is 22.0. The molecule has 4 rings (SSSR count). The number of carbonyl (C=O) groups excluding carboxylic acids is 3. The van der Waals surface area contributed by atoms with E-state index in [4.69, 9.17) is 4.74 Å². The third-order valence-corrected chi connectivity index (χ3v) is 6.29. The maximum Gasteiger partial charge on any atom is 0.256 e. The van der Waals surface area contributed by atoms with Gasteiger partial charge in [0.1, 0.15) is 11.8 Å². The lowest BCUT2D eigenvalue weighted by molar-refractivity contribution is -0.123. The fraction of sp³-hybridized carbons (Fsp3) is 0.348. The van der Waals surface area contributed by atoms with Crippen molar-refractivity contribution in [1.29, 1.82) is 0 Å². The van der Waals surface area contributed by atoms with Crippen LogP contribution in [-0.4, -0.2) is 60.4 Å². The van der Waals surface area contributed by atoms with E-state index >= 15 is 0 Å². The standard InChI is InChI=1S/C23H25N3O4S/c1-30-17-6-3-14(4-7-17)15-5-8-19-18(11-15)23(29)26-10-9-16(24-21(27)13-31-2)12-20(26)22(28)25-19/h3-8,11,16,20H,9-10,12-13H2,1-2H3,(H,24,27)(H,25,28). The van der Waals surface area contributed by atoms with E-state index in [1.54, 1.807) is 18.1 Å². The fourth-order valence-corrected chi connectivity index (χ4v) is 4.50. The Labute approximate surface area is 185 Å². The monoisotopic (exact) mass is 439 g/mol. The lowest BCUT2D eigenvalue weighted by Gasteiger charge is -2.37. The van der Waals surface area contributed by atoms with Gasteiger partial charge in [-0.15, -0.1) is 0 Å². The molecule has 2 aromatic carbocycles. The summed E-state index contributed by atoms with van der Waals surface area (Å²) in [6.07, 6.45) is 2.91. The van der Waals surface area contributed by atoms with Crippen LogP contribution in [0.5, 0.6) is 5.75 Å². The first-order valence-electron chi connectivity index (χ1n) is 10.2. The second-order valence-corrected chi connectivity index (χ2v) is 8.58. The highest BCUT2D eigenvalue weighted by molar-refractivity contribution is 7.99. The van der Waals surface area contributed by atoms with Gasteiger partial charge in [0.2, 0.25) is 11.8 Å². The van der Waals surface area contributed by atoms with Gasteiger partial charge < -0.3 is 20.3 Å².